The molecule has 0 spiro atoms. The molecule has 1 amide bonds. The number of carbonyl (C=O) groups excluding carboxylic acids is 1. The fourth-order valence-electron chi connectivity index (χ4n) is 2.96. The molecular formula is C21H19N5O3. The van der Waals surface area contributed by atoms with E-state index in [1.807, 2.05) is 43.3 Å². The van der Waals surface area contributed by atoms with Gasteiger partial charge in [0.2, 0.25) is 0 Å². The van der Waals surface area contributed by atoms with Crippen LogP contribution in [-0.4, -0.2) is 39.9 Å². The number of methoxy groups -OCH3 is 2. The zero-order valence-electron chi connectivity index (χ0n) is 16.2. The van der Waals surface area contributed by atoms with Gasteiger partial charge in [0, 0.05) is 17.3 Å². The van der Waals surface area contributed by atoms with Gasteiger partial charge in [0.05, 0.1) is 25.5 Å². The quantitative estimate of drug-likeness (QED) is 0.563. The molecule has 0 fully saturated rings. The fourth-order valence-corrected chi connectivity index (χ4v) is 2.96. The summed E-state index contributed by atoms with van der Waals surface area (Å²) in [7, 11) is 3.08. The molecule has 1 N–H and O–H groups in total. The predicted octanol–water partition coefficient (Wildman–Crippen LogP) is 3.37. The molecule has 4 aromatic rings. The maximum absolute atomic E-state index is 12.6. The molecule has 8 nitrogen and oxygen atoms in total. The molecule has 0 radical (unpaired) electrons. The molecule has 2 heterocycles. The largest absolute Gasteiger partial charge is 0.497 e. The smallest absolute Gasteiger partial charge is 0.259 e. The van der Waals surface area contributed by atoms with Crippen molar-refractivity contribution in [3.8, 4) is 22.8 Å². The van der Waals surface area contributed by atoms with Crippen molar-refractivity contribution in [3.05, 3.63) is 66.0 Å². The zero-order valence-corrected chi connectivity index (χ0v) is 16.2. The summed E-state index contributed by atoms with van der Waals surface area (Å²) in [5, 5.41) is 15.5. The van der Waals surface area contributed by atoms with Crippen LogP contribution in [0.3, 0.4) is 0 Å². The van der Waals surface area contributed by atoms with Crippen LogP contribution in [0.25, 0.3) is 16.9 Å². The maximum atomic E-state index is 12.6. The molecule has 0 saturated carbocycles. The summed E-state index contributed by atoms with van der Waals surface area (Å²) in [6, 6.07) is 16.3. The number of nitrogens with one attached hydrogen (secondary N) is 1. The van der Waals surface area contributed by atoms with Gasteiger partial charge >= 0.3 is 0 Å². The van der Waals surface area contributed by atoms with Gasteiger partial charge in [-0.2, -0.15) is 9.61 Å². The van der Waals surface area contributed by atoms with Crippen LogP contribution in [0.2, 0.25) is 0 Å². The lowest BCUT2D eigenvalue weighted by Gasteiger charge is -2.11. The van der Waals surface area contributed by atoms with Crippen molar-refractivity contribution >= 4 is 17.2 Å². The first-order valence-electron chi connectivity index (χ1n) is 8.92. The van der Waals surface area contributed by atoms with E-state index < -0.39 is 0 Å². The normalized spacial score (nSPS) is 10.7. The van der Waals surface area contributed by atoms with E-state index in [9.17, 15) is 4.79 Å². The van der Waals surface area contributed by atoms with E-state index in [0.29, 0.717) is 28.4 Å². The number of carbonyl (C=O) groups is 1. The minimum Gasteiger partial charge on any atom is -0.497 e. The Bertz CT molecular complexity index is 1180. The van der Waals surface area contributed by atoms with Gasteiger partial charge < -0.3 is 14.8 Å². The van der Waals surface area contributed by atoms with Gasteiger partial charge in [0.15, 0.2) is 11.5 Å². The zero-order chi connectivity index (χ0) is 20.4. The average Bonchev–Trinajstić information content (AvgIpc) is 3.14. The van der Waals surface area contributed by atoms with Gasteiger partial charge in [0.25, 0.3) is 5.91 Å². The summed E-state index contributed by atoms with van der Waals surface area (Å²) in [6.45, 7) is 1.85. The molecule has 0 aliphatic carbocycles. The van der Waals surface area contributed by atoms with E-state index >= 15 is 0 Å². The van der Waals surface area contributed by atoms with Gasteiger partial charge in [-0.15, -0.1) is 10.2 Å². The van der Waals surface area contributed by atoms with Crippen LogP contribution in [0.15, 0.2) is 54.6 Å². The molecule has 0 saturated heterocycles. The number of hydrogen-bond donors (Lipinski definition) is 1. The molecular weight excluding hydrogens is 370 g/mol. The third kappa shape index (κ3) is 3.60. The number of nitrogens with zero attached hydrogens (tertiary/aromatic N) is 4. The van der Waals surface area contributed by atoms with Gasteiger partial charge in [-0.25, -0.2) is 0 Å². The molecule has 0 unspecified atom stereocenters. The van der Waals surface area contributed by atoms with Crippen molar-refractivity contribution in [2.45, 2.75) is 6.92 Å². The Hall–Kier alpha value is -3.94. The second kappa shape index (κ2) is 7.59. The second-order valence-corrected chi connectivity index (χ2v) is 6.33. The lowest BCUT2D eigenvalue weighted by Crippen LogP contribution is -2.13. The molecule has 0 aliphatic heterocycles. The van der Waals surface area contributed by atoms with Crippen LogP contribution < -0.4 is 14.8 Å². The number of aryl methyl sites for hydroxylation is 1. The topological polar surface area (TPSA) is 90.6 Å². The van der Waals surface area contributed by atoms with E-state index in [4.69, 9.17) is 9.47 Å². The van der Waals surface area contributed by atoms with Crippen molar-refractivity contribution in [2.24, 2.45) is 0 Å². The molecule has 0 atom stereocenters. The van der Waals surface area contributed by atoms with Crippen LogP contribution in [-0.2, 0) is 0 Å². The standard InChI is InChI=1S/C21H19N5O3/c1-13-23-24-20-11-10-18(25-26(13)20)14-4-6-15(7-5-14)22-21(27)17-9-8-16(28-2)12-19(17)29-3/h4-12H,1-3H3,(H,22,27). The first-order chi connectivity index (χ1) is 14.1. The molecule has 4 rings (SSSR count). The summed E-state index contributed by atoms with van der Waals surface area (Å²) in [5.41, 5.74) is 3.49. The summed E-state index contributed by atoms with van der Waals surface area (Å²) < 4.78 is 12.2. The lowest BCUT2D eigenvalue weighted by atomic mass is 10.1. The van der Waals surface area contributed by atoms with Gasteiger partial charge in [0.1, 0.15) is 11.5 Å². The Morgan fingerprint density at radius 1 is 0.966 bits per heavy atom. The highest BCUT2D eigenvalue weighted by Gasteiger charge is 2.14. The predicted molar refractivity (Wildman–Crippen MR) is 108 cm³/mol. The molecule has 29 heavy (non-hydrogen) atoms. The molecule has 0 bridgehead atoms. The van der Waals surface area contributed by atoms with Crippen molar-refractivity contribution < 1.29 is 14.3 Å². The summed E-state index contributed by atoms with van der Waals surface area (Å²) >= 11 is 0. The van der Waals surface area contributed by atoms with Crippen molar-refractivity contribution in [1.29, 1.82) is 0 Å². The Morgan fingerprint density at radius 3 is 2.48 bits per heavy atom. The van der Waals surface area contributed by atoms with Crippen LogP contribution in [0.1, 0.15) is 16.2 Å². The monoisotopic (exact) mass is 389 g/mol. The Morgan fingerprint density at radius 2 is 1.76 bits per heavy atom. The van der Waals surface area contributed by atoms with Crippen LogP contribution >= 0.6 is 0 Å². The number of ether oxygens (including phenoxy) is 2. The highest BCUT2D eigenvalue weighted by Crippen LogP contribution is 2.26. The third-order valence-electron chi connectivity index (χ3n) is 4.51. The van der Waals surface area contributed by atoms with Crippen LogP contribution in [0.5, 0.6) is 11.5 Å². The lowest BCUT2D eigenvalue weighted by molar-refractivity contribution is 0.102. The number of anilines is 1. The number of amides is 1. The molecule has 0 aliphatic rings. The SMILES string of the molecule is COc1ccc(C(=O)Nc2ccc(-c3ccc4nnc(C)n4n3)cc2)c(OC)c1. The van der Waals surface area contributed by atoms with Gasteiger partial charge in [-0.3, -0.25) is 4.79 Å². The number of fused-ring (bicyclic) bond motifs is 1. The van der Waals surface area contributed by atoms with Crippen LogP contribution in [0, 0.1) is 6.92 Å². The van der Waals surface area contributed by atoms with E-state index in [1.54, 1.807) is 29.8 Å². The fraction of sp³-hybridized carbons (Fsp3) is 0.143. The molecule has 2 aromatic carbocycles. The first kappa shape index (κ1) is 18.4. The maximum Gasteiger partial charge on any atom is 0.259 e. The molecule has 8 heteroatoms. The summed E-state index contributed by atoms with van der Waals surface area (Å²) in [6.07, 6.45) is 0. The van der Waals surface area contributed by atoms with Gasteiger partial charge in [-0.1, -0.05) is 12.1 Å². The summed E-state index contributed by atoms with van der Waals surface area (Å²) in [5.74, 6) is 1.52. The minimum absolute atomic E-state index is 0.267. The summed E-state index contributed by atoms with van der Waals surface area (Å²) in [4.78, 5) is 12.6. The van der Waals surface area contributed by atoms with E-state index in [0.717, 1.165) is 17.1 Å². The van der Waals surface area contributed by atoms with E-state index in [2.05, 4.69) is 20.6 Å². The Balaban J connectivity index is 1.55. The Kier molecular flexibility index (Phi) is 4.82. The third-order valence-corrected chi connectivity index (χ3v) is 4.51. The van der Waals surface area contributed by atoms with Crippen molar-refractivity contribution in [2.75, 3.05) is 19.5 Å². The highest BCUT2D eigenvalue weighted by atomic mass is 16.5. The Labute approximate surface area is 167 Å². The number of rotatable bonds is 5. The van der Waals surface area contributed by atoms with Crippen LogP contribution in [0.4, 0.5) is 5.69 Å². The second-order valence-electron chi connectivity index (χ2n) is 6.33. The van der Waals surface area contributed by atoms with E-state index in [-0.39, 0.29) is 5.91 Å². The number of hydrogen-bond acceptors (Lipinski definition) is 6. The van der Waals surface area contributed by atoms with E-state index in [1.165, 1.54) is 7.11 Å². The minimum atomic E-state index is -0.267. The molecule has 146 valence electrons. The van der Waals surface area contributed by atoms with Gasteiger partial charge in [-0.05, 0) is 43.3 Å². The number of aromatic nitrogens is 4. The highest BCUT2D eigenvalue weighted by molar-refractivity contribution is 6.06. The first-order valence-corrected chi connectivity index (χ1v) is 8.92. The number of benzene rings is 2. The average molecular weight is 389 g/mol. The molecule has 2 aromatic heterocycles. The van der Waals surface area contributed by atoms with Crippen molar-refractivity contribution in [1.82, 2.24) is 19.8 Å². The van der Waals surface area contributed by atoms with Crippen molar-refractivity contribution in [3.63, 3.8) is 0 Å².